The Kier molecular flexibility index (Phi) is 12.0. The number of halogens is 1. The third-order valence-electron chi connectivity index (χ3n) is 7.73. The number of rotatable bonds is 14. The largest absolute Gasteiger partial charge is 0.354 e. The fourth-order valence-corrected chi connectivity index (χ4v) is 6.88. The molecular weight excluding hydrogens is 618 g/mol. The molecule has 2 amide bonds. The lowest BCUT2D eigenvalue weighted by Gasteiger charge is -2.34. The summed E-state index contributed by atoms with van der Waals surface area (Å²) in [6.07, 6.45) is 0.804. The first-order valence-corrected chi connectivity index (χ1v) is 17.3. The van der Waals surface area contributed by atoms with Crippen LogP contribution in [0.25, 0.3) is 0 Å². The van der Waals surface area contributed by atoms with Crippen LogP contribution in [0.4, 0.5) is 5.69 Å². The predicted molar refractivity (Wildman–Crippen MR) is 185 cm³/mol. The summed E-state index contributed by atoms with van der Waals surface area (Å²) in [7, 11) is -4.17. The molecule has 4 aromatic rings. The third kappa shape index (κ3) is 8.98. The molecule has 0 heterocycles. The van der Waals surface area contributed by atoms with Crippen molar-refractivity contribution < 1.29 is 18.0 Å². The summed E-state index contributed by atoms with van der Waals surface area (Å²) in [6.45, 7) is 7.81. The van der Waals surface area contributed by atoms with E-state index in [1.165, 1.54) is 9.21 Å². The fourth-order valence-electron chi connectivity index (χ4n) is 5.21. The van der Waals surface area contributed by atoms with E-state index in [0.29, 0.717) is 23.7 Å². The van der Waals surface area contributed by atoms with Gasteiger partial charge in [0.15, 0.2) is 0 Å². The van der Waals surface area contributed by atoms with Crippen LogP contribution in [0.5, 0.6) is 0 Å². The number of carbonyl (C=O) groups is 2. The summed E-state index contributed by atoms with van der Waals surface area (Å²) < 4.78 is 29.8. The first-order valence-electron chi connectivity index (χ1n) is 15.5. The van der Waals surface area contributed by atoms with Gasteiger partial charge in [-0.05, 0) is 66.3 Å². The van der Waals surface area contributed by atoms with E-state index >= 15 is 0 Å². The molecule has 9 heteroatoms. The third-order valence-corrected chi connectivity index (χ3v) is 9.74. The second-order valence-corrected chi connectivity index (χ2v) is 14.1. The molecule has 7 nitrogen and oxygen atoms in total. The maximum atomic E-state index is 14.6. The predicted octanol–water partition coefficient (Wildman–Crippen LogP) is 6.82. The van der Waals surface area contributed by atoms with Crippen molar-refractivity contribution in [2.24, 2.45) is 5.92 Å². The van der Waals surface area contributed by atoms with Gasteiger partial charge in [0, 0.05) is 24.5 Å². The van der Waals surface area contributed by atoms with E-state index in [9.17, 15) is 18.0 Å². The minimum absolute atomic E-state index is 0.0554. The van der Waals surface area contributed by atoms with Gasteiger partial charge in [-0.25, -0.2) is 8.42 Å². The lowest BCUT2D eigenvalue weighted by Crippen LogP contribution is -2.53. The highest BCUT2D eigenvalue weighted by atomic mass is 35.5. The van der Waals surface area contributed by atoms with Gasteiger partial charge >= 0.3 is 0 Å². The average Bonchev–Trinajstić information content (AvgIpc) is 3.04. The molecule has 4 aromatic carbocycles. The first kappa shape index (κ1) is 34.7. The number of nitrogens with zero attached hydrogens (tertiary/aromatic N) is 2. The van der Waals surface area contributed by atoms with Gasteiger partial charge in [-0.3, -0.25) is 13.9 Å². The van der Waals surface area contributed by atoms with Gasteiger partial charge < -0.3 is 10.2 Å². The van der Waals surface area contributed by atoms with E-state index < -0.39 is 28.5 Å². The summed E-state index contributed by atoms with van der Waals surface area (Å²) in [5.41, 5.74) is 3.71. The number of para-hydroxylation sites is 1. The Morgan fingerprint density at radius 1 is 0.848 bits per heavy atom. The van der Waals surface area contributed by atoms with Gasteiger partial charge in [-0.15, -0.1) is 0 Å². The average molecular weight is 660 g/mol. The molecule has 0 spiro atoms. The second-order valence-electron chi connectivity index (χ2n) is 11.8. The Labute approximate surface area is 278 Å². The van der Waals surface area contributed by atoms with Crippen LogP contribution in [-0.4, -0.2) is 44.3 Å². The maximum absolute atomic E-state index is 14.6. The Morgan fingerprint density at radius 2 is 1.50 bits per heavy atom. The fraction of sp³-hybridized carbons (Fsp3) is 0.297. The zero-order chi connectivity index (χ0) is 33.3. The molecule has 0 radical (unpaired) electrons. The topological polar surface area (TPSA) is 86.8 Å². The Hall–Kier alpha value is -4.14. The van der Waals surface area contributed by atoms with E-state index in [1.54, 1.807) is 54.6 Å². The summed E-state index contributed by atoms with van der Waals surface area (Å²) in [6, 6.07) is 29.5. The van der Waals surface area contributed by atoms with E-state index in [-0.39, 0.29) is 29.7 Å². The van der Waals surface area contributed by atoms with E-state index in [4.69, 9.17) is 11.6 Å². The first-order chi connectivity index (χ1) is 22.0. The molecule has 0 saturated carbocycles. The molecule has 0 aliphatic rings. The van der Waals surface area contributed by atoms with Crippen molar-refractivity contribution in [3.63, 3.8) is 0 Å². The molecule has 0 aliphatic carbocycles. The molecule has 0 fully saturated rings. The van der Waals surface area contributed by atoms with Crippen molar-refractivity contribution in [3.8, 4) is 0 Å². The zero-order valence-corrected chi connectivity index (χ0v) is 28.4. The van der Waals surface area contributed by atoms with Crippen molar-refractivity contribution in [2.75, 3.05) is 17.4 Å². The smallest absolute Gasteiger partial charge is 0.264 e. The number of sulfonamides is 1. The lowest BCUT2D eigenvalue weighted by molar-refractivity contribution is -0.140. The van der Waals surface area contributed by atoms with E-state index in [2.05, 4.69) is 5.32 Å². The van der Waals surface area contributed by atoms with Crippen molar-refractivity contribution in [2.45, 2.75) is 58.0 Å². The van der Waals surface area contributed by atoms with Gasteiger partial charge in [-0.2, -0.15) is 0 Å². The van der Waals surface area contributed by atoms with Crippen LogP contribution in [0.1, 0.15) is 43.0 Å². The Balaban J connectivity index is 1.83. The number of amides is 2. The van der Waals surface area contributed by atoms with Crippen molar-refractivity contribution in [1.29, 1.82) is 0 Å². The standard InChI is InChI=1S/C37H42ClN3O4S/c1-5-31-15-9-10-17-34(31)41(46(44,45)33-20-18-28(4)19-21-33)26-36(42)40(25-30-14-11-16-32(38)22-30)35(37(43)39-24-27(2)3)23-29-12-7-6-8-13-29/h6-22,27,35H,5,23-26H2,1-4H3,(H,39,43)/t35-/m0/s1. The summed E-state index contributed by atoms with van der Waals surface area (Å²) in [4.78, 5) is 30.1. The quantitative estimate of drug-likeness (QED) is 0.161. The van der Waals surface area contributed by atoms with Crippen LogP contribution < -0.4 is 9.62 Å². The number of carbonyl (C=O) groups excluding carboxylic acids is 2. The van der Waals surface area contributed by atoms with Crippen LogP contribution in [-0.2, 0) is 39.0 Å². The highest BCUT2D eigenvalue weighted by Crippen LogP contribution is 2.29. The van der Waals surface area contributed by atoms with Gasteiger partial charge in [-0.1, -0.05) is 111 Å². The molecule has 0 saturated heterocycles. The number of nitrogens with one attached hydrogen (secondary N) is 1. The van der Waals surface area contributed by atoms with Crippen molar-refractivity contribution in [1.82, 2.24) is 10.2 Å². The number of aryl methyl sites for hydroxylation is 2. The normalized spacial score (nSPS) is 12.0. The van der Waals surface area contributed by atoms with Gasteiger partial charge in [0.05, 0.1) is 10.6 Å². The number of hydrogen-bond acceptors (Lipinski definition) is 4. The molecule has 242 valence electrons. The minimum Gasteiger partial charge on any atom is -0.354 e. The highest BCUT2D eigenvalue weighted by Gasteiger charge is 2.35. The lowest BCUT2D eigenvalue weighted by atomic mass is 10.0. The SMILES string of the molecule is CCc1ccccc1N(CC(=O)N(Cc1cccc(Cl)c1)[C@@H](Cc1ccccc1)C(=O)NCC(C)C)S(=O)(=O)c1ccc(C)cc1. The summed E-state index contributed by atoms with van der Waals surface area (Å²) in [5, 5.41) is 3.50. The monoisotopic (exact) mass is 659 g/mol. The van der Waals surface area contributed by atoms with E-state index in [1.807, 2.05) is 76.2 Å². The minimum atomic E-state index is -4.17. The van der Waals surface area contributed by atoms with Crippen LogP contribution >= 0.6 is 11.6 Å². The number of benzene rings is 4. The molecule has 46 heavy (non-hydrogen) atoms. The highest BCUT2D eigenvalue weighted by molar-refractivity contribution is 7.92. The Bertz CT molecular complexity index is 1730. The molecule has 0 bridgehead atoms. The van der Waals surface area contributed by atoms with Gasteiger partial charge in [0.1, 0.15) is 12.6 Å². The molecule has 0 aromatic heterocycles. The maximum Gasteiger partial charge on any atom is 0.264 e. The van der Waals surface area contributed by atoms with Crippen LogP contribution in [0, 0.1) is 12.8 Å². The number of anilines is 1. The molecule has 1 N–H and O–H groups in total. The molecule has 4 rings (SSSR count). The Morgan fingerprint density at radius 3 is 2.15 bits per heavy atom. The van der Waals surface area contributed by atoms with Gasteiger partial charge in [0.25, 0.3) is 10.0 Å². The summed E-state index contributed by atoms with van der Waals surface area (Å²) >= 11 is 6.33. The molecular formula is C37H42ClN3O4S. The second kappa shape index (κ2) is 15.9. The van der Waals surface area contributed by atoms with Crippen LogP contribution in [0.15, 0.2) is 108 Å². The van der Waals surface area contributed by atoms with Crippen molar-refractivity contribution in [3.05, 3.63) is 130 Å². The summed E-state index contributed by atoms with van der Waals surface area (Å²) in [5.74, 6) is -0.629. The zero-order valence-electron chi connectivity index (χ0n) is 26.8. The van der Waals surface area contributed by atoms with Crippen LogP contribution in [0.2, 0.25) is 5.02 Å². The molecule has 0 unspecified atom stereocenters. The van der Waals surface area contributed by atoms with E-state index in [0.717, 1.165) is 22.3 Å². The molecule has 1 atom stereocenters. The van der Waals surface area contributed by atoms with Gasteiger partial charge in [0.2, 0.25) is 11.8 Å². The van der Waals surface area contributed by atoms with Crippen molar-refractivity contribution >= 4 is 39.1 Å². The number of hydrogen-bond donors (Lipinski definition) is 1. The van der Waals surface area contributed by atoms with Crippen LogP contribution in [0.3, 0.4) is 0 Å². The molecule has 0 aliphatic heterocycles.